The summed E-state index contributed by atoms with van der Waals surface area (Å²) < 4.78 is 16.2. The summed E-state index contributed by atoms with van der Waals surface area (Å²) in [4.78, 5) is 18.5. The van der Waals surface area contributed by atoms with Gasteiger partial charge < -0.3 is 18.9 Å². The van der Waals surface area contributed by atoms with Gasteiger partial charge in [-0.25, -0.2) is 0 Å². The van der Waals surface area contributed by atoms with Gasteiger partial charge in [0.25, 0.3) is 5.91 Å². The number of carbonyl (C=O) groups is 1. The van der Waals surface area contributed by atoms with E-state index in [0.29, 0.717) is 30.4 Å². The Balaban J connectivity index is 1.67. The molecule has 0 saturated carbocycles. The van der Waals surface area contributed by atoms with Gasteiger partial charge in [0, 0.05) is 20.1 Å². The van der Waals surface area contributed by atoms with Crippen molar-refractivity contribution in [2.24, 2.45) is 0 Å². The molecular formula is C17H21N3O4. The molecule has 0 aliphatic carbocycles. The minimum absolute atomic E-state index is 0.0386. The molecule has 0 bridgehead atoms. The number of amides is 1. The predicted molar refractivity (Wildman–Crippen MR) is 85.6 cm³/mol. The molecule has 7 nitrogen and oxygen atoms in total. The molecule has 1 amide bonds. The molecular weight excluding hydrogens is 310 g/mol. The molecule has 1 aliphatic heterocycles. The number of aryl methyl sites for hydroxylation is 2. The number of ether oxygens (including phenoxy) is 2. The normalized spacial score (nSPS) is 20.4. The molecule has 0 radical (unpaired) electrons. The number of nitrogens with zero attached hydrogens (tertiary/aromatic N) is 3. The molecule has 1 aromatic carbocycles. The highest BCUT2D eigenvalue weighted by molar-refractivity contribution is 5.78. The summed E-state index contributed by atoms with van der Waals surface area (Å²) in [6.07, 6.45) is 0.583. The Bertz CT molecular complexity index is 698. The summed E-state index contributed by atoms with van der Waals surface area (Å²) in [5, 5.41) is 3.81. The number of hydrogen-bond donors (Lipinski definition) is 0. The van der Waals surface area contributed by atoms with Crippen LogP contribution in [-0.2, 0) is 9.53 Å². The summed E-state index contributed by atoms with van der Waals surface area (Å²) in [5.41, 5.74) is 1.14. The van der Waals surface area contributed by atoms with Crippen LogP contribution in [0.4, 0.5) is 0 Å². The molecule has 0 N–H and O–H groups in total. The molecule has 1 fully saturated rings. The first-order valence-electron chi connectivity index (χ1n) is 7.88. The van der Waals surface area contributed by atoms with E-state index in [0.717, 1.165) is 5.56 Å². The van der Waals surface area contributed by atoms with Crippen LogP contribution in [0.25, 0.3) is 0 Å². The zero-order valence-electron chi connectivity index (χ0n) is 14.1. The lowest BCUT2D eigenvalue weighted by molar-refractivity contribution is -0.135. The average molecular weight is 331 g/mol. The van der Waals surface area contributed by atoms with Crippen molar-refractivity contribution < 1.29 is 18.8 Å². The molecule has 1 saturated heterocycles. The maximum absolute atomic E-state index is 12.6. The van der Waals surface area contributed by atoms with Crippen LogP contribution < -0.4 is 4.74 Å². The van der Waals surface area contributed by atoms with Crippen LogP contribution in [0.5, 0.6) is 5.75 Å². The SMILES string of the molecule is CO[C@@H]1C[C@H](c2nc(C)no2)N(C(=O)COc2ccc(C)cc2)C1. The third kappa shape index (κ3) is 3.56. The van der Waals surface area contributed by atoms with E-state index >= 15 is 0 Å². The Kier molecular flexibility index (Phi) is 4.80. The van der Waals surface area contributed by atoms with Crippen molar-refractivity contribution in [3.63, 3.8) is 0 Å². The van der Waals surface area contributed by atoms with Crippen molar-refractivity contribution in [3.8, 4) is 5.75 Å². The third-order valence-corrected chi connectivity index (χ3v) is 4.13. The van der Waals surface area contributed by atoms with E-state index < -0.39 is 0 Å². The number of carbonyl (C=O) groups excluding carboxylic acids is 1. The number of aromatic nitrogens is 2. The molecule has 2 atom stereocenters. The molecule has 24 heavy (non-hydrogen) atoms. The first-order chi connectivity index (χ1) is 11.6. The highest BCUT2D eigenvalue weighted by Crippen LogP contribution is 2.32. The Labute approximate surface area is 140 Å². The van der Waals surface area contributed by atoms with Crippen molar-refractivity contribution >= 4 is 5.91 Å². The van der Waals surface area contributed by atoms with Crippen LogP contribution in [0.2, 0.25) is 0 Å². The van der Waals surface area contributed by atoms with Gasteiger partial charge in [-0.1, -0.05) is 22.9 Å². The third-order valence-electron chi connectivity index (χ3n) is 4.13. The minimum atomic E-state index is -0.273. The minimum Gasteiger partial charge on any atom is -0.484 e. The van der Waals surface area contributed by atoms with E-state index in [1.807, 2.05) is 31.2 Å². The highest BCUT2D eigenvalue weighted by Gasteiger charge is 2.39. The van der Waals surface area contributed by atoms with Gasteiger partial charge in [-0.2, -0.15) is 4.98 Å². The fraction of sp³-hybridized carbons (Fsp3) is 0.471. The topological polar surface area (TPSA) is 77.7 Å². The first kappa shape index (κ1) is 16.4. The molecule has 2 heterocycles. The monoisotopic (exact) mass is 331 g/mol. The second kappa shape index (κ2) is 7.00. The maximum Gasteiger partial charge on any atom is 0.261 e. The second-order valence-corrected chi connectivity index (χ2v) is 5.94. The lowest BCUT2D eigenvalue weighted by Gasteiger charge is -2.21. The Hall–Kier alpha value is -2.41. The number of likely N-dealkylation sites (tertiary alicyclic amines) is 1. The van der Waals surface area contributed by atoms with Crippen molar-refractivity contribution in [3.05, 3.63) is 41.5 Å². The van der Waals surface area contributed by atoms with Crippen molar-refractivity contribution in [1.82, 2.24) is 15.0 Å². The molecule has 7 heteroatoms. The van der Waals surface area contributed by atoms with Gasteiger partial charge in [-0.15, -0.1) is 0 Å². The summed E-state index contributed by atoms with van der Waals surface area (Å²) in [7, 11) is 1.64. The Morgan fingerprint density at radius 2 is 2.08 bits per heavy atom. The van der Waals surface area contributed by atoms with Crippen LogP contribution in [0.1, 0.15) is 29.7 Å². The van der Waals surface area contributed by atoms with Gasteiger partial charge in [-0.3, -0.25) is 4.79 Å². The Morgan fingerprint density at radius 1 is 1.33 bits per heavy atom. The van der Waals surface area contributed by atoms with Crippen LogP contribution in [-0.4, -0.2) is 47.3 Å². The van der Waals surface area contributed by atoms with Gasteiger partial charge in [-0.05, 0) is 26.0 Å². The van der Waals surface area contributed by atoms with Gasteiger partial charge >= 0.3 is 0 Å². The molecule has 1 aromatic heterocycles. The lowest BCUT2D eigenvalue weighted by atomic mass is 10.2. The van der Waals surface area contributed by atoms with Gasteiger partial charge in [0.15, 0.2) is 12.4 Å². The van der Waals surface area contributed by atoms with E-state index in [-0.39, 0.29) is 24.7 Å². The quantitative estimate of drug-likeness (QED) is 0.834. The lowest BCUT2D eigenvalue weighted by Crippen LogP contribution is -2.35. The fourth-order valence-corrected chi connectivity index (χ4v) is 2.79. The number of benzene rings is 1. The zero-order chi connectivity index (χ0) is 17.1. The van der Waals surface area contributed by atoms with Crippen LogP contribution in [0, 0.1) is 13.8 Å². The summed E-state index contributed by atoms with van der Waals surface area (Å²) in [6.45, 7) is 4.20. The molecule has 1 aliphatic rings. The Morgan fingerprint density at radius 3 is 2.71 bits per heavy atom. The highest BCUT2D eigenvalue weighted by atomic mass is 16.5. The van der Waals surface area contributed by atoms with Crippen LogP contribution in [0.15, 0.2) is 28.8 Å². The average Bonchev–Trinajstić information content (AvgIpc) is 3.20. The molecule has 2 aromatic rings. The van der Waals surface area contributed by atoms with E-state index in [2.05, 4.69) is 10.1 Å². The number of methoxy groups -OCH3 is 1. The summed E-state index contributed by atoms with van der Waals surface area (Å²) in [5.74, 6) is 1.53. The van der Waals surface area contributed by atoms with Crippen molar-refractivity contribution in [2.75, 3.05) is 20.3 Å². The number of hydrogen-bond acceptors (Lipinski definition) is 6. The molecule has 128 valence electrons. The van der Waals surface area contributed by atoms with Crippen LogP contribution in [0.3, 0.4) is 0 Å². The van der Waals surface area contributed by atoms with E-state index in [9.17, 15) is 4.79 Å². The predicted octanol–water partition coefficient (Wildman–Crippen LogP) is 2.05. The van der Waals surface area contributed by atoms with Crippen molar-refractivity contribution in [2.45, 2.75) is 32.4 Å². The first-order valence-corrected chi connectivity index (χ1v) is 7.88. The van der Waals surface area contributed by atoms with Crippen molar-refractivity contribution in [1.29, 1.82) is 0 Å². The fourth-order valence-electron chi connectivity index (χ4n) is 2.79. The molecule has 0 unspecified atom stereocenters. The largest absolute Gasteiger partial charge is 0.484 e. The summed E-state index contributed by atoms with van der Waals surface area (Å²) in [6, 6.07) is 7.32. The standard InChI is InChI=1S/C17H21N3O4/c1-11-4-6-13(7-5-11)23-10-16(21)20-9-14(22-3)8-15(20)17-18-12(2)19-24-17/h4-7,14-15H,8-10H2,1-3H3/t14-,15-/m1/s1. The molecule has 0 spiro atoms. The van der Waals surface area contributed by atoms with Gasteiger partial charge in [0.2, 0.25) is 5.89 Å². The van der Waals surface area contributed by atoms with Gasteiger partial charge in [0.1, 0.15) is 11.8 Å². The second-order valence-electron chi connectivity index (χ2n) is 5.94. The van der Waals surface area contributed by atoms with E-state index in [4.69, 9.17) is 14.0 Å². The van der Waals surface area contributed by atoms with E-state index in [1.54, 1.807) is 18.9 Å². The molecule has 3 rings (SSSR count). The maximum atomic E-state index is 12.6. The smallest absolute Gasteiger partial charge is 0.261 e. The van der Waals surface area contributed by atoms with Gasteiger partial charge in [0.05, 0.1) is 6.10 Å². The summed E-state index contributed by atoms with van der Waals surface area (Å²) >= 11 is 0. The number of rotatable bonds is 5. The van der Waals surface area contributed by atoms with E-state index in [1.165, 1.54) is 0 Å². The zero-order valence-corrected chi connectivity index (χ0v) is 14.1. The van der Waals surface area contributed by atoms with Crippen LogP contribution >= 0.6 is 0 Å².